The average molecular weight is 449 g/mol. The number of anilines is 1. The second kappa shape index (κ2) is 8.35. The highest BCUT2D eigenvalue weighted by Gasteiger charge is 2.48. The van der Waals surface area contributed by atoms with E-state index in [1.807, 2.05) is 19.1 Å². The highest BCUT2D eigenvalue weighted by atomic mass is 32.1. The number of esters is 1. The summed E-state index contributed by atoms with van der Waals surface area (Å²) in [5.41, 5.74) is 2.31. The molecule has 0 radical (unpaired) electrons. The fourth-order valence-electron chi connectivity index (χ4n) is 3.53. The van der Waals surface area contributed by atoms with Crippen LogP contribution in [-0.4, -0.2) is 39.8 Å². The molecule has 162 valence electrons. The third kappa shape index (κ3) is 3.56. The molecule has 1 aliphatic heterocycles. The first kappa shape index (κ1) is 21.4. The maximum atomic E-state index is 13.1. The minimum atomic E-state index is -0.917. The summed E-state index contributed by atoms with van der Waals surface area (Å²) in [4.78, 5) is 48.1. The van der Waals surface area contributed by atoms with Crippen molar-refractivity contribution in [2.45, 2.75) is 19.9 Å². The number of rotatable bonds is 4. The third-order valence-corrected chi connectivity index (χ3v) is 6.29. The van der Waals surface area contributed by atoms with Gasteiger partial charge in [0.05, 0.1) is 24.4 Å². The Morgan fingerprint density at radius 3 is 2.38 bits per heavy atom. The normalized spacial score (nSPS) is 17.6. The molecule has 8 nitrogen and oxygen atoms in total. The van der Waals surface area contributed by atoms with E-state index in [2.05, 4.69) is 9.97 Å². The molecule has 3 aromatic rings. The van der Waals surface area contributed by atoms with Gasteiger partial charge in [-0.3, -0.25) is 19.5 Å². The van der Waals surface area contributed by atoms with Crippen molar-refractivity contribution in [3.05, 3.63) is 81.6 Å². The summed E-state index contributed by atoms with van der Waals surface area (Å²) in [5, 5.41) is 11.2. The zero-order valence-corrected chi connectivity index (χ0v) is 18.3. The van der Waals surface area contributed by atoms with Crippen LogP contribution in [0.1, 0.15) is 38.1 Å². The second-order valence-electron chi connectivity index (χ2n) is 7.22. The minimum Gasteiger partial charge on any atom is -0.507 e. The van der Waals surface area contributed by atoms with Crippen molar-refractivity contribution in [3.8, 4) is 0 Å². The zero-order chi connectivity index (χ0) is 23.0. The molecule has 1 amide bonds. The Kier molecular flexibility index (Phi) is 5.58. The molecule has 9 heteroatoms. The van der Waals surface area contributed by atoms with Gasteiger partial charge in [0.25, 0.3) is 5.78 Å². The molecule has 0 spiro atoms. The summed E-state index contributed by atoms with van der Waals surface area (Å²) in [6.07, 6.45) is 2.97. The van der Waals surface area contributed by atoms with Crippen molar-refractivity contribution in [2.75, 3.05) is 12.0 Å². The number of hydrogen-bond acceptors (Lipinski definition) is 8. The quantitative estimate of drug-likeness (QED) is 0.281. The Labute approximate surface area is 187 Å². The predicted octanol–water partition coefficient (Wildman–Crippen LogP) is 3.57. The van der Waals surface area contributed by atoms with Crippen LogP contribution in [-0.2, 0) is 14.3 Å². The standard InChI is InChI=1S/C23H19N3O5S/c1-12-4-6-14(7-5-12)17-16(18(27)15-8-10-24-11-9-15)19(28)21(29)26(17)23-25-13(2)20(32-23)22(30)31-3/h4-11,17,27H,1-3H3/b18-16+. The topological polar surface area (TPSA) is 110 Å². The van der Waals surface area contributed by atoms with Crippen LogP contribution in [0.5, 0.6) is 0 Å². The summed E-state index contributed by atoms with van der Waals surface area (Å²) in [7, 11) is 1.26. The summed E-state index contributed by atoms with van der Waals surface area (Å²) < 4.78 is 4.79. The van der Waals surface area contributed by atoms with E-state index in [4.69, 9.17) is 4.74 Å². The number of aromatic nitrogens is 2. The average Bonchev–Trinajstić information content (AvgIpc) is 3.31. The molecule has 1 aliphatic rings. The largest absolute Gasteiger partial charge is 0.507 e. The van der Waals surface area contributed by atoms with Gasteiger partial charge in [-0.2, -0.15) is 0 Å². The fourth-order valence-corrected chi connectivity index (χ4v) is 4.54. The van der Waals surface area contributed by atoms with E-state index in [0.717, 1.165) is 16.9 Å². The molecule has 0 saturated carbocycles. The molecule has 2 aromatic heterocycles. The smallest absolute Gasteiger partial charge is 0.350 e. The first-order valence-electron chi connectivity index (χ1n) is 9.67. The Balaban J connectivity index is 1.93. The molecular formula is C23H19N3O5S. The SMILES string of the molecule is COC(=O)c1sc(N2C(=O)C(=O)/C(=C(/O)c3ccncc3)C2c2ccc(C)cc2)nc1C. The van der Waals surface area contributed by atoms with Crippen LogP contribution >= 0.6 is 11.3 Å². The van der Waals surface area contributed by atoms with Gasteiger partial charge in [-0.25, -0.2) is 9.78 Å². The van der Waals surface area contributed by atoms with Crippen LogP contribution in [0.3, 0.4) is 0 Å². The van der Waals surface area contributed by atoms with Crippen LogP contribution in [0.2, 0.25) is 0 Å². The van der Waals surface area contributed by atoms with Gasteiger partial charge in [0, 0.05) is 18.0 Å². The molecule has 1 aromatic carbocycles. The number of carbonyl (C=O) groups excluding carboxylic acids is 3. The van der Waals surface area contributed by atoms with Crippen LogP contribution in [0.4, 0.5) is 5.13 Å². The Bertz CT molecular complexity index is 1250. The number of nitrogens with zero attached hydrogens (tertiary/aromatic N) is 3. The number of ether oxygens (including phenoxy) is 1. The Morgan fingerprint density at radius 1 is 1.09 bits per heavy atom. The zero-order valence-electron chi connectivity index (χ0n) is 17.5. The molecule has 1 unspecified atom stereocenters. The Morgan fingerprint density at radius 2 is 1.75 bits per heavy atom. The maximum absolute atomic E-state index is 13.1. The molecule has 1 atom stereocenters. The molecule has 1 N–H and O–H groups in total. The number of aliphatic hydroxyl groups is 1. The van der Waals surface area contributed by atoms with Crippen molar-refractivity contribution in [1.82, 2.24) is 9.97 Å². The van der Waals surface area contributed by atoms with E-state index in [1.165, 1.54) is 24.4 Å². The van der Waals surface area contributed by atoms with Gasteiger partial charge in [0.2, 0.25) is 0 Å². The lowest BCUT2D eigenvalue weighted by Gasteiger charge is -2.23. The van der Waals surface area contributed by atoms with Gasteiger partial charge in [0.15, 0.2) is 5.13 Å². The summed E-state index contributed by atoms with van der Waals surface area (Å²) in [6.45, 7) is 3.55. The number of carbonyl (C=O) groups is 3. The van der Waals surface area contributed by atoms with Crippen molar-refractivity contribution in [1.29, 1.82) is 0 Å². The minimum absolute atomic E-state index is 0.0578. The molecule has 4 rings (SSSR count). The van der Waals surface area contributed by atoms with Crippen molar-refractivity contribution < 1.29 is 24.2 Å². The monoisotopic (exact) mass is 449 g/mol. The van der Waals surface area contributed by atoms with Crippen LogP contribution < -0.4 is 4.90 Å². The van der Waals surface area contributed by atoms with Gasteiger partial charge >= 0.3 is 11.9 Å². The van der Waals surface area contributed by atoms with E-state index in [0.29, 0.717) is 16.8 Å². The van der Waals surface area contributed by atoms with E-state index < -0.39 is 23.7 Å². The first-order chi connectivity index (χ1) is 15.3. The van der Waals surface area contributed by atoms with E-state index in [1.54, 1.807) is 31.2 Å². The van der Waals surface area contributed by atoms with E-state index in [-0.39, 0.29) is 21.3 Å². The second-order valence-corrected chi connectivity index (χ2v) is 8.20. The Hall–Kier alpha value is -3.85. The third-order valence-electron chi connectivity index (χ3n) is 5.15. The lowest BCUT2D eigenvalue weighted by Crippen LogP contribution is -2.29. The first-order valence-corrected chi connectivity index (χ1v) is 10.5. The fraction of sp³-hybridized carbons (Fsp3) is 0.174. The maximum Gasteiger partial charge on any atom is 0.350 e. The van der Waals surface area contributed by atoms with Crippen LogP contribution in [0.25, 0.3) is 5.76 Å². The number of aliphatic hydroxyl groups excluding tert-OH is 1. The number of hydrogen-bond donors (Lipinski definition) is 1. The highest BCUT2D eigenvalue weighted by molar-refractivity contribution is 7.17. The number of amides is 1. The van der Waals surface area contributed by atoms with Gasteiger partial charge in [-0.1, -0.05) is 41.2 Å². The lowest BCUT2D eigenvalue weighted by atomic mass is 9.95. The number of aryl methyl sites for hydroxylation is 2. The molecule has 32 heavy (non-hydrogen) atoms. The number of methoxy groups -OCH3 is 1. The molecular weight excluding hydrogens is 430 g/mol. The van der Waals surface area contributed by atoms with Gasteiger partial charge in [-0.05, 0) is 31.5 Å². The molecule has 1 fully saturated rings. The lowest BCUT2D eigenvalue weighted by molar-refractivity contribution is -0.132. The van der Waals surface area contributed by atoms with Gasteiger partial charge in [-0.15, -0.1) is 0 Å². The molecule has 3 heterocycles. The highest BCUT2D eigenvalue weighted by Crippen LogP contribution is 2.43. The van der Waals surface area contributed by atoms with Crippen molar-refractivity contribution >= 4 is 39.9 Å². The van der Waals surface area contributed by atoms with Crippen LogP contribution in [0.15, 0.2) is 54.4 Å². The summed E-state index contributed by atoms with van der Waals surface area (Å²) in [6, 6.07) is 9.49. The van der Waals surface area contributed by atoms with E-state index in [9.17, 15) is 19.5 Å². The van der Waals surface area contributed by atoms with E-state index >= 15 is 0 Å². The van der Waals surface area contributed by atoms with Gasteiger partial charge < -0.3 is 9.84 Å². The summed E-state index contributed by atoms with van der Waals surface area (Å²) >= 11 is 0.959. The summed E-state index contributed by atoms with van der Waals surface area (Å²) in [5.74, 6) is -2.56. The number of ketones is 1. The predicted molar refractivity (Wildman–Crippen MR) is 118 cm³/mol. The molecule has 1 saturated heterocycles. The number of Topliss-reactive ketones (excluding diaryl/α,β-unsaturated/α-hetero) is 1. The number of thiazole rings is 1. The molecule has 0 aliphatic carbocycles. The van der Waals surface area contributed by atoms with Gasteiger partial charge in [0.1, 0.15) is 10.6 Å². The number of pyridine rings is 1. The van der Waals surface area contributed by atoms with Crippen molar-refractivity contribution in [3.63, 3.8) is 0 Å². The number of benzene rings is 1. The molecule has 0 bridgehead atoms. The van der Waals surface area contributed by atoms with Crippen LogP contribution in [0, 0.1) is 13.8 Å². The van der Waals surface area contributed by atoms with Crippen molar-refractivity contribution in [2.24, 2.45) is 0 Å².